The first-order valence-corrected chi connectivity index (χ1v) is 5.84. The summed E-state index contributed by atoms with van der Waals surface area (Å²) in [6, 6.07) is 7.17. The fourth-order valence-corrected chi connectivity index (χ4v) is 2.13. The molecule has 1 unspecified atom stereocenters. The van der Waals surface area contributed by atoms with Crippen LogP contribution in [0.5, 0.6) is 0 Å². The van der Waals surface area contributed by atoms with Gasteiger partial charge in [-0.05, 0) is 18.2 Å². The van der Waals surface area contributed by atoms with E-state index in [1.807, 2.05) is 24.3 Å². The van der Waals surface area contributed by atoms with Gasteiger partial charge < -0.3 is 9.84 Å². The summed E-state index contributed by atoms with van der Waals surface area (Å²) >= 11 is 3.35. The molecule has 1 aliphatic rings. The van der Waals surface area contributed by atoms with Crippen molar-refractivity contribution in [2.24, 2.45) is 0 Å². The van der Waals surface area contributed by atoms with Gasteiger partial charge in [-0.3, -0.25) is 4.90 Å². The van der Waals surface area contributed by atoms with Crippen molar-refractivity contribution >= 4 is 27.7 Å². The second-order valence-electron chi connectivity index (χ2n) is 3.59. The first kappa shape index (κ1) is 11.4. The van der Waals surface area contributed by atoms with E-state index in [9.17, 15) is 9.90 Å². The third kappa shape index (κ3) is 2.20. The molecule has 1 saturated heterocycles. The fourth-order valence-electron chi connectivity index (χ4n) is 1.75. The topological polar surface area (TPSA) is 49.8 Å². The molecule has 1 atom stereocenters. The minimum Gasteiger partial charge on any atom is -0.449 e. The maximum atomic E-state index is 11.7. The van der Waals surface area contributed by atoms with E-state index in [0.29, 0.717) is 13.0 Å². The van der Waals surface area contributed by atoms with Crippen molar-refractivity contribution in [3.8, 4) is 0 Å². The number of amides is 1. The van der Waals surface area contributed by atoms with Gasteiger partial charge in [0.1, 0.15) is 0 Å². The highest BCUT2D eigenvalue weighted by Gasteiger charge is 2.30. The highest BCUT2D eigenvalue weighted by atomic mass is 79.9. The molecule has 1 aromatic rings. The van der Waals surface area contributed by atoms with Gasteiger partial charge >= 0.3 is 6.09 Å². The molecule has 16 heavy (non-hydrogen) atoms. The van der Waals surface area contributed by atoms with Crippen LogP contribution in [-0.4, -0.2) is 30.5 Å². The van der Waals surface area contributed by atoms with Crippen molar-refractivity contribution in [1.82, 2.24) is 0 Å². The number of carbonyl (C=O) groups excluding carboxylic acids is 1. The fraction of sp³-hybridized carbons (Fsp3) is 0.364. The summed E-state index contributed by atoms with van der Waals surface area (Å²) in [5.41, 5.74) is 0.734. The number of hydrogen-bond donors (Lipinski definition) is 1. The van der Waals surface area contributed by atoms with Gasteiger partial charge in [-0.15, -0.1) is 0 Å². The van der Waals surface area contributed by atoms with Gasteiger partial charge in [0.25, 0.3) is 0 Å². The van der Waals surface area contributed by atoms with Crippen molar-refractivity contribution < 1.29 is 14.6 Å². The zero-order valence-corrected chi connectivity index (χ0v) is 10.2. The Bertz CT molecular complexity index is 397. The number of nitrogens with zero attached hydrogens (tertiary/aromatic N) is 1. The van der Waals surface area contributed by atoms with Gasteiger partial charge in [-0.2, -0.15) is 0 Å². The Balaban J connectivity index is 2.31. The number of aliphatic hydroxyl groups is 1. The summed E-state index contributed by atoms with van der Waals surface area (Å²) < 4.78 is 5.87. The summed E-state index contributed by atoms with van der Waals surface area (Å²) in [5.74, 6) is 0. The Labute approximate surface area is 102 Å². The van der Waals surface area contributed by atoms with Crippen LogP contribution in [0.4, 0.5) is 10.5 Å². The summed E-state index contributed by atoms with van der Waals surface area (Å²) in [4.78, 5) is 13.1. The predicted molar refractivity (Wildman–Crippen MR) is 63.5 cm³/mol. The van der Waals surface area contributed by atoms with Crippen LogP contribution in [0.15, 0.2) is 28.7 Å². The van der Waals surface area contributed by atoms with E-state index < -0.39 is 6.09 Å². The predicted octanol–water partition coefficient (Wildman–Crippen LogP) is 2.16. The zero-order valence-electron chi connectivity index (χ0n) is 8.60. The lowest BCUT2D eigenvalue weighted by molar-refractivity contribution is 0.116. The number of aliphatic hydroxyl groups excluding tert-OH is 1. The molecular weight excluding hydrogens is 274 g/mol. The van der Waals surface area contributed by atoms with Crippen molar-refractivity contribution in [3.05, 3.63) is 28.7 Å². The molecular formula is C11H12BrNO3. The lowest BCUT2D eigenvalue weighted by Gasteiger charge is -2.33. The molecule has 0 bridgehead atoms. The van der Waals surface area contributed by atoms with Crippen LogP contribution in [0.2, 0.25) is 0 Å². The molecule has 1 amide bonds. The molecule has 2 rings (SSSR count). The van der Waals surface area contributed by atoms with Gasteiger partial charge in [0, 0.05) is 16.6 Å². The number of ether oxygens (including phenoxy) is 1. The third-order valence-electron chi connectivity index (χ3n) is 2.54. The van der Waals surface area contributed by atoms with Crippen molar-refractivity contribution in [2.45, 2.75) is 12.5 Å². The van der Waals surface area contributed by atoms with Crippen LogP contribution in [0.1, 0.15) is 6.42 Å². The molecule has 86 valence electrons. The molecule has 1 aromatic carbocycles. The number of anilines is 1. The number of benzene rings is 1. The molecule has 0 spiro atoms. The minimum absolute atomic E-state index is 0.0540. The Morgan fingerprint density at radius 3 is 3.06 bits per heavy atom. The van der Waals surface area contributed by atoms with Crippen LogP contribution in [-0.2, 0) is 4.74 Å². The Morgan fingerprint density at radius 2 is 2.38 bits per heavy atom. The molecule has 1 fully saturated rings. The zero-order chi connectivity index (χ0) is 11.5. The van der Waals surface area contributed by atoms with Crippen LogP contribution in [0.3, 0.4) is 0 Å². The molecule has 0 saturated carbocycles. The second-order valence-corrected chi connectivity index (χ2v) is 4.50. The Morgan fingerprint density at radius 1 is 1.56 bits per heavy atom. The minimum atomic E-state index is -0.400. The number of hydrogen-bond acceptors (Lipinski definition) is 3. The lowest BCUT2D eigenvalue weighted by atomic mass is 10.1. The molecule has 1 aliphatic heterocycles. The smallest absolute Gasteiger partial charge is 0.414 e. The highest BCUT2D eigenvalue weighted by Crippen LogP contribution is 2.25. The van der Waals surface area contributed by atoms with Gasteiger partial charge in [-0.25, -0.2) is 4.79 Å². The summed E-state index contributed by atoms with van der Waals surface area (Å²) in [7, 11) is 0. The summed E-state index contributed by atoms with van der Waals surface area (Å²) in [6.45, 7) is 0.316. The molecule has 0 radical (unpaired) electrons. The van der Waals surface area contributed by atoms with E-state index in [2.05, 4.69) is 15.9 Å². The number of cyclic esters (lactones) is 1. The van der Waals surface area contributed by atoms with Crippen molar-refractivity contribution in [2.75, 3.05) is 18.1 Å². The first-order chi connectivity index (χ1) is 7.72. The quantitative estimate of drug-likeness (QED) is 0.906. The van der Waals surface area contributed by atoms with Gasteiger partial charge in [-0.1, -0.05) is 22.0 Å². The molecule has 1 N–H and O–H groups in total. The van der Waals surface area contributed by atoms with Crippen LogP contribution < -0.4 is 4.90 Å². The summed E-state index contributed by atoms with van der Waals surface area (Å²) in [5, 5.41) is 9.25. The lowest BCUT2D eigenvalue weighted by Crippen LogP contribution is -2.47. The third-order valence-corrected chi connectivity index (χ3v) is 3.03. The SMILES string of the molecule is O=C1OCCC(CO)N1c1cccc(Br)c1. The van der Waals surface area contributed by atoms with Crippen molar-refractivity contribution in [3.63, 3.8) is 0 Å². The van der Waals surface area contributed by atoms with Crippen molar-refractivity contribution in [1.29, 1.82) is 0 Å². The maximum Gasteiger partial charge on any atom is 0.414 e. The number of halogens is 1. The largest absolute Gasteiger partial charge is 0.449 e. The number of carbonyl (C=O) groups is 1. The maximum absolute atomic E-state index is 11.7. The van der Waals surface area contributed by atoms with E-state index in [1.54, 1.807) is 0 Å². The average molecular weight is 286 g/mol. The molecule has 1 heterocycles. The van der Waals surface area contributed by atoms with E-state index in [0.717, 1.165) is 10.2 Å². The monoisotopic (exact) mass is 285 g/mol. The molecule has 5 heteroatoms. The van der Waals surface area contributed by atoms with Crippen LogP contribution in [0.25, 0.3) is 0 Å². The average Bonchev–Trinajstić information content (AvgIpc) is 2.28. The van der Waals surface area contributed by atoms with E-state index in [1.165, 1.54) is 4.90 Å². The van der Waals surface area contributed by atoms with Crippen LogP contribution in [0, 0.1) is 0 Å². The Kier molecular flexibility index (Phi) is 3.46. The first-order valence-electron chi connectivity index (χ1n) is 5.05. The van der Waals surface area contributed by atoms with Gasteiger partial charge in [0.15, 0.2) is 0 Å². The highest BCUT2D eigenvalue weighted by molar-refractivity contribution is 9.10. The number of rotatable bonds is 2. The van der Waals surface area contributed by atoms with E-state index >= 15 is 0 Å². The second kappa shape index (κ2) is 4.84. The Hall–Kier alpha value is -1.07. The summed E-state index contributed by atoms with van der Waals surface area (Å²) in [6.07, 6.45) is 0.248. The molecule has 0 aromatic heterocycles. The molecule has 0 aliphatic carbocycles. The van der Waals surface area contributed by atoms with Gasteiger partial charge in [0.2, 0.25) is 0 Å². The van der Waals surface area contributed by atoms with Crippen LogP contribution >= 0.6 is 15.9 Å². The van der Waals surface area contributed by atoms with E-state index in [4.69, 9.17) is 4.74 Å². The normalized spacial score (nSPS) is 20.8. The standard InChI is InChI=1S/C11H12BrNO3/c12-8-2-1-3-9(6-8)13-10(7-14)4-5-16-11(13)15/h1-3,6,10,14H,4-5,7H2. The van der Waals surface area contributed by atoms with E-state index in [-0.39, 0.29) is 12.6 Å². The van der Waals surface area contributed by atoms with Gasteiger partial charge in [0.05, 0.1) is 19.3 Å². The molecule has 4 nitrogen and oxygen atoms in total.